The molecular formula is C29H31Cl2N9O. The van der Waals surface area contributed by atoms with Gasteiger partial charge in [-0.1, -0.05) is 23.2 Å². The van der Waals surface area contributed by atoms with Crippen LogP contribution in [0.5, 0.6) is 0 Å². The van der Waals surface area contributed by atoms with Gasteiger partial charge in [0.2, 0.25) is 5.95 Å². The van der Waals surface area contributed by atoms with Crippen LogP contribution in [-0.2, 0) is 6.42 Å². The summed E-state index contributed by atoms with van der Waals surface area (Å²) in [5.41, 5.74) is 3.66. The fraction of sp³-hybridized carbons (Fsp3) is 0.345. The number of halogens is 2. The molecule has 0 atom stereocenters. The molecule has 4 aromatic rings. The van der Waals surface area contributed by atoms with Crippen LogP contribution in [0, 0.1) is 11.3 Å². The molecule has 1 aromatic carbocycles. The number of carbonyl (C=O) groups is 1. The standard InChI is InChI=1S/C29H31Cl2N9O/c1-38-11-13-39(14-12-38)10-9-33-28(41)26-19-40-27(36-26)16-25(23-7-5-21(30)15-24(23)31)37-29(40)34-8-2-3-22-6-4-20(17-32)18-35-22/h4-7,15-16,18-19H,2-3,8-14H2,1H3,(H,33,41)(H,34,37). The first kappa shape index (κ1) is 28.8. The number of piperazine rings is 1. The first-order valence-corrected chi connectivity index (χ1v) is 14.3. The molecule has 1 fully saturated rings. The van der Waals surface area contributed by atoms with E-state index in [9.17, 15) is 4.79 Å². The molecule has 10 nitrogen and oxygen atoms in total. The van der Waals surface area contributed by atoms with Crippen molar-refractivity contribution in [2.45, 2.75) is 12.8 Å². The maximum Gasteiger partial charge on any atom is 0.271 e. The Labute approximate surface area is 248 Å². The molecule has 4 heterocycles. The number of rotatable bonds is 10. The summed E-state index contributed by atoms with van der Waals surface area (Å²) in [6.45, 7) is 6.02. The quantitative estimate of drug-likeness (QED) is 0.266. The fourth-order valence-electron chi connectivity index (χ4n) is 4.66. The monoisotopic (exact) mass is 591 g/mol. The van der Waals surface area contributed by atoms with E-state index < -0.39 is 0 Å². The van der Waals surface area contributed by atoms with Crippen LogP contribution in [0.4, 0.5) is 5.95 Å². The summed E-state index contributed by atoms with van der Waals surface area (Å²) in [5.74, 6) is 0.312. The number of aryl methyl sites for hydroxylation is 1. The predicted octanol–water partition coefficient (Wildman–Crippen LogP) is 3.99. The van der Waals surface area contributed by atoms with E-state index in [1.807, 2.05) is 18.2 Å². The third kappa shape index (κ3) is 7.31. The molecule has 3 aromatic heterocycles. The van der Waals surface area contributed by atoms with E-state index in [1.54, 1.807) is 35.0 Å². The van der Waals surface area contributed by atoms with Gasteiger partial charge < -0.3 is 15.5 Å². The second kappa shape index (κ2) is 13.3. The molecule has 0 bridgehead atoms. The minimum atomic E-state index is -0.230. The zero-order chi connectivity index (χ0) is 28.8. The van der Waals surface area contributed by atoms with Gasteiger partial charge in [0.15, 0.2) is 0 Å². The van der Waals surface area contributed by atoms with E-state index >= 15 is 0 Å². The van der Waals surface area contributed by atoms with Crippen LogP contribution in [-0.4, -0.2) is 87.9 Å². The normalized spacial score (nSPS) is 14.2. The lowest BCUT2D eigenvalue weighted by Crippen LogP contribution is -2.46. The van der Waals surface area contributed by atoms with Crippen molar-refractivity contribution < 1.29 is 4.79 Å². The lowest BCUT2D eigenvalue weighted by atomic mass is 10.1. The molecule has 1 aliphatic heterocycles. The Balaban J connectivity index is 1.31. The van der Waals surface area contributed by atoms with Gasteiger partial charge >= 0.3 is 0 Å². The summed E-state index contributed by atoms with van der Waals surface area (Å²) in [6, 6.07) is 12.8. The Bertz CT molecular complexity index is 1560. The molecule has 12 heteroatoms. The maximum atomic E-state index is 13.0. The smallest absolute Gasteiger partial charge is 0.271 e. The van der Waals surface area contributed by atoms with Crippen molar-refractivity contribution in [2.24, 2.45) is 0 Å². The van der Waals surface area contributed by atoms with Gasteiger partial charge in [0.05, 0.1) is 16.3 Å². The molecule has 0 unspecified atom stereocenters. The second-order valence-corrected chi connectivity index (χ2v) is 10.9. The highest BCUT2D eigenvalue weighted by atomic mass is 35.5. The lowest BCUT2D eigenvalue weighted by Gasteiger charge is -2.32. The Morgan fingerprint density at radius 3 is 2.63 bits per heavy atom. The Morgan fingerprint density at radius 2 is 1.90 bits per heavy atom. The summed E-state index contributed by atoms with van der Waals surface area (Å²) >= 11 is 12.6. The van der Waals surface area contributed by atoms with Gasteiger partial charge in [-0.3, -0.25) is 19.1 Å². The average Bonchev–Trinajstić information content (AvgIpc) is 3.41. The highest BCUT2D eigenvalue weighted by Crippen LogP contribution is 2.31. The minimum Gasteiger partial charge on any atom is -0.355 e. The average molecular weight is 593 g/mol. The van der Waals surface area contributed by atoms with Gasteiger partial charge in [-0.25, -0.2) is 9.97 Å². The number of amides is 1. The van der Waals surface area contributed by atoms with Crippen molar-refractivity contribution in [3.8, 4) is 17.3 Å². The topological polar surface area (TPSA) is 114 Å². The molecule has 2 N–H and O–H groups in total. The van der Waals surface area contributed by atoms with Crippen molar-refractivity contribution in [2.75, 3.05) is 58.2 Å². The van der Waals surface area contributed by atoms with E-state index in [4.69, 9.17) is 33.4 Å². The number of pyridine rings is 1. The number of carbonyl (C=O) groups excluding carboxylic acids is 1. The lowest BCUT2D eigenvalue weighted by molar-refractivity contribution is 0.0936. The summed E-state index contributed by atoms with van der Waals surface area (Å²) in [7, 11) is 2.12. The molecular weight excluding hydrogens is 561 g/mol. The molecule has 0 saturated carbocycles. The molecule has 0 spiro atoms. The molecule has 0 aliphatic carbocycles. The van der Waals surface area contributed by atoms with Crippen molar-refractivity contribution >= 4 is 40.7 Å². The number of nitriles is 1. The summed E-state index contributed by atoms with van der Waals surface area (Å²) in [6.07, 6.45) is 4.79. The minimum absolute atomic E-state index is 0.230. The number of hydrogen-bond donors (Lipinski definition) is 2. The van der Waals surface area contributed by atoms with Crippen LogP contribution in [0.15, 0.2) is 48.8 Å². The molecule has 0 radical (unpaired) electrons. The van der Waals surface area contributed by atoms with Gasteiger partial charge in [-0.05, 0) is 50.2 Å². The highest BCUT2D eigenvalue weighted by molar-refractivity contribution is 6.36. The largest absolute Gasteiger partial charge is 0.355 e. The Hall–Kier alpha value is -3.75. The van der Waals surface area contributed by atoms with Crippen LogP contribution in [0.3, 0.4) is 0 Å². The number of nitrogens with zero attached hydrogens (tertiary/aromatic N) is 7. The Morgan fingerprint density at radius 1 is 1.07 bits per heavy atom. The van der Waals surface area contributed by atoms with Crippen molar-refractivity contribution in [1.29, 1.82) is 5.26 Å². The first-order valence-electron chi connectivity index (χ1n) is 13.5. The molecule has 1 saturated heterocycles. The van der Waals surface area contributed by atoms with E-state index in [0.29, 0.717) is 57.2 Å². The highest BCUT2D eigenvalue weighted by Gasteiger charge is 2.18. The molecule has 1 amide bonds. The van der Waals surface area contributed by atoms with Crippen molar-refractivity contribution in [3.63, 3.8) is 0 Å². The molecule has 41 heavy (non-hydrogen) atoms. The summed E-state index contributed by atoms with van der Waals surface area (Å²) in [5, 5.41) is 16.4. The fourth-order valence-corrected chi connectivity index (χ4v) is 5.16. The number of anilines is 1. The third-order valence-electron chi connectivity index (χ3n) is 7.05. The van der Waals surface area contributed by atoms with Gasteiger partial charge in [-0.2, -0.15) is 5.26 Å². The maximum absolute atomic E-state index is 13.0. The van der Waals surface area contributed by atoms with E-state index in [-0.39, 0.29) is 5.91 Å². The number of aromatic nitrogens is 4. The predicted molar refractivity (Wildman–Crippen MR) is 160 cm³/mol. The second-order valence-electron chi connectivity index (χ2n) is 10.0. The van der Waals surface area contributed by atoms with Crippen LogP contribution in [0.25, 0.3) is 16.9 Å². The zero-order valence-electron chi connectivity index (χ0n) is 22.8. The van der Waals surface area contributed by atoms with Gasteiger partial charge in [-0.15, -0.1) is 0 Å². The Kier molecular flexibility index (Phi) is 9.31. The van der Waals surface area contributed by atoms with Gasteiger partial charge in [0.1, 0.15) is 17.4 Å². The zero-order valence-corrected chi connectivity index (χ0v) is 24.3. The van der Waals surface area contributed by atoms with E-state index in [0.717, 1.165) is 51.3 Å². The third-order valence-corrected chi connectivity index (χ3v) is 7.60. The number of nitrogens with one attached hydrogen (secondary N) is 2. The van der Waals surface area contributed by atoms with Crippen LogP contribution >= 0.6 is 23.2 Å². The SMILES string of the molecule is CN1CCN(CCNC(=O)c2cn3c(NCCCc4ccc(C#N)cn4)nc(-c4ccc(Cl)cc4Cl)cc3n2)CC1. The number of likely N-dealkylation sites (N-methyl/N-ethyl adjacent to an activating group) is 1. The number of fused-ring (bicyclic) bond motifs is 1. The van der Waals surface area contributed by atoms with Crippen molar-refractivity contribution in [1.82, 2.24) is 34.5 Å². The van der Waals surface area contributed by atoms with Gasteiger partial charge in [0.25, 0.3) is 5.91 Å². The molecule has 212 valence electrons. The molecule has 1 aliphatic rings. The van der Waals surface area contributed by atoms with Crippen LogP contribution < -0.4 is 10.6 Å². The van der Waals surface area contributed by atoms with E-state index in [1.165, 1.54) is 0 Å². The van der Waals surface area contributed by atoms with Gasteiger partial charge in [0, 0.05) is 80.6 Å². The van der Waals surface area contributed by atoms with Crippen molar-refractivity contribution in [3.05, 3.63) is 75.8 Å². The number of imidazole rings is 1. The van der Waals surface area contributed by atoms with Crippen LogP contribution in [0.1, 0.15) is 28.2 Å². The number of hydrogen-bond acceptors (Lipinski definition) is 8. The van der Waals surface area contributed by atoms with E-state index in [2.05, 4.69) is 43.5 Å². The summed E-state index contributed by atoms with van der Waals surface area (Å²) < 4.78 is 1.78. The number of benzene rings is 1. The molecule has 5 rings (SSSR count). The van der Waals surface area contributed by atoms with Crippen LogP contribution in [0.2, 0.25) is 10.0 Å². The first-order chi connectivity index (χ1) is 19.9. The summed E-state index contributed by atoms with van der Waals surface area (Å²) in [4.78, 5) is 31.4.